The van der Waals surface area contributed by atoms with Crippen molar-refractivity contribution in [1.29, 1.82) is 0 Å². The van der Waals surface area contributed by atoms with Crippen LogP contribution in [0.1, 0.15) is 50.7 Å². The number of nitrogens with zero attached hydrogens (tertiary/aromatic N) is 1. The number of nitrogens with one attached hydrogen (secondary N) is 1. The van der Waals surface area contributed by atoms with E-state index in [-0.39, 0.29) is 24.3 Å². The molecule has 1 heterocycles. The highest BCUT2D eigenvalue weighted by Gasteiger charge is 2.41. The number of aliphatic carboxylic acids is 1. The van der Waals surface area contributed by atoms with Gasteiger partial charge in [0.25, 0.3) is 0 Å². The minimum atomic E-state index is -0.896. The molecular formula is C27H32N2O5. The molecule has 0 aromatic heterocycles. The lowest BCUT2D eigenvalue weighted by molar-refractivity contribution is -0.143. The van der Waals surface area contributed by atoms with Crippen molar-refractivity contribution < 1.29 is 24.2 Å². The summed E-state index contributed by atoms with van der Waals surface area (Å²) < 4.78 is 5.65. The third-order valence-electron chi connectivity index (χ3n) is 7.45. The van der Waals surface area contributed by atoms with Crippen molar-refractivity contribution in [3.8, 4) is 11.1 Å². The minimum absolute atomic E-state index is 0.0640. The predicted octanol–water partition coefficient (Wildman–Crippen LogP) is 4.26. The zero-order chi connectivity index (χ0) is 24.4. The summed E-state index contributed by atoms with van der Waals surface area (Å²) in [7, 11) is 0. The molecule has 0 radical (unpaired) electrons. The van der Waals surface area contributed by atoms with Crippen molar-refractivity contribution in [3.05, 3.63) is 59.7 Å². The Balaban J connectivity index is 1.44. The van der Waals surface area contributed by atoms with Crippen LogP contribution in [-0.4, -0.2) is 53.2 Å². The fourth-order valence-electron chi connectivity index (χ4n) is 5.21. The monoisotopic (exact) mass is 464 g/mol. The van der Waals surface area contributed by atoms with E-state index in [1.807, 2.05) is 38.1 Å². The van der Waals surface area contributed by atoms with Gasteiger partial charge in [-0.3, -0.25) is 9.59 Å². The molecule has 180 valence electrons. The number of benzene rings is 2. The summed E-state index contributed by atoms with van der Waals surface area (Å²) in [6, 6.07) is 15.1. The summed E-state index contributed by atoms with van der Waals surface area (Å²) in [5, 5.41) is 12.2. The van der Waals surface area contributed by atoms with Crippen LogP contribution in [0, 0.1) is 11.8 Å². The molecule has 2 aromatic rings. The van der Waals surface area contributed by atoms with Crippen molar-refractivity contribution in [3.63, 3.8) is 0 Å². The topological polar surface area (TPSA) is 95.9 Å². The van der Waals surface area contributed by atoms with Gasteiger partial charge in [0.2, 0.25) is 5.91 Å². The quantitative estimate of drug-likeness (QED) is 0.638. The van der Waals surface area contributed by atoms with Crippen molar-refractivity contribution in [2.45, 2.75) is 51.6 Å². The summed E-state index contributed by atoms with van der Waals surface area (Å²) in [4.78, 5) is 39.2. The molecule has 1 fully saturated rings. The minimum Gasteiger partial charge on any atom is -0.481 e. The normalized spacial score (nSPS) is 20.9. The zero-order valence-corrected chi connectivity index (χ0v) is 19.9. The van der Waals surface area contributed by atoms with Gasteiger partial charge >= 0.3 is 12.1 Å². The maximum Gasteiger partial charge on any atom is 0.407 e. The Morgan fingerprint density at radius 3 is 2.21 bits per heavy atom. The first-order valence-corrected chi connectivity index (χ1v) is 12.0. The molecule has 34 heavy (non-hydrogen) atoms. The third kappa shape index (κ3) is 4.39. The molecule has 0 spiro atoms. The van der Waals surface area contributed by atoms with E-state index in [4.69, 9.17) is 4.74 Å². The SMILES string of the molecule is CCC(C)[C@H](NC(=O)OCC1c2ccccc2-c2ccccc21)C(=O)N1CCC(C(=O)O)C1C. The number of rotatable bonds is 7. The van der Waals surface area contributed by atoms with Crippen LogP contribution >= 0.6 is 0 Å². The van der Waals surface area contributed by atoms with Crippen molar-refractivity contribution in [2.75, 3.05) is 13.2 Å². The van der Waals surface area contributed by atoms with Gasteiger partial charge in [0.05, 0.1) is 5.92 Å². The van der Waals surface area contributed by atoms with E-state index in [2.05, 4.69) is 29.6 Å². The number of hydrogen-bond acceptors (Lipinski definition) is 4. The summed E-state index contributed by atoms with van der Waals surface area (Å²) >= 11 is 0. The van der Waals surface area contributed by atoms with E-state index < -0.39 is 30.1 Å². The highest BCUT2D eigenvalue weighted by Crippen LogP contribution is 2.44. The van der Waals surface area contributed by atoms with E-state index in [9.17, 15) is 19.5 Å². The maximum atomic E-state index is 13.3. The fraction of sp³-hybridized carbons (Fsp3) is 0.444. The molecular weight excluding hydrogens is 432 g/mol. The summed E-state index contributed by atoms with van der Waals surface area (Å²) in [6.45, 7) is 6.16. The summed E-state index contributed by atoms with van der Waals surface area (Å²) in [5.74, 6) is -1.92. The molecule has 1 aliphatic heterocycles. The number of ether oxygens (including phenoxy) is 1. The number of hydrogen-bond donors (Lipinski definition) is 2. The molecule has 2 amide bonds. The fourth-order valence-corrected chi connectivity index (χ4v) is 5.21. The van der Waals surface area contributed by atoms with Crippen LogP contribution in [0.2, 0.25) is 0 Å². The lowest BCUT2D eigenvalue weighted by Gasteiger charge is -2.31. The smallest absolute Gasteiger partial charge is 0.407 e. The van der Waals surface area contributed by atoms with Gasteiger partial charge in [-0.2, -0.15) is 0 Å². The molecule has 0 saturated carbocycles. The van der Waals surface area contributed by atoms with Crippen LogP contribution in [0.5, 0.6) is 0 Å². The van der Waals surface area contributed by atoms with E-state index in [1.54, 1.807) is 11.8 Å². The number of fused-ring (bicyclic) bond motifs is 3. The number of amides is 2. The second kappa shape index (κ2) is 9.87. The molecule has 7 heteroatoms. The van der Waals surface area contributed by atoms with Gasteiger partial charge in [0.15, 0.2) is 0 Å². The Hall–Kier alpha value is -3.35. The Morgan fingerprint density at radius 1 is 1.09 bits per heavy atom. The van der Waals surface area contributed by atoms with Gasteiger partial charge in [-0.1, -0.05) is 68.8 Å². The zero-order valence-electron chi connectivity index (χ0n) is 19.9. The first kappa shape index (κ1) is 23.8. The number of carboxylic acid groups (broad SMARTS) is 1. The van der Waals surface area contributed by atoms with Crippen LogP contribution in [0.4, 0.5) is 4.79 Å². The largest absolute Gasteiger partial charge is 0.481 e. The number of alkyl carbamates (subject to hydrolysis) is 1. The third-order valence-corrected chi connectivity index (χ3v) is 7.45. The van der Waals surface area contributed by atoms with Gasteiger partial charge < -0.3 is 20.1 Å². The molecule has 7 nitrogen and oxygen atoms in total. The lowest BCUT2D eigenvalue weighted by Crippen LogP contribution is -2.53. The average molecular weight is 465 g/mol. The van der Waals surface area contributed by atoms with Crippen LogP contribution in [0.25, 0.3) is 11.1 Å². The molecule has 4 atom stereocenters. The number of carboxylic acids is 1. The van der Waals surface area contributed by atoms with Crippen molar-refractivity contribution >= 4 is 18.0 Å². The Morgan fingerprint density at radius 2 is 1.68 bits per heavy atom. The Labute approximate surface area is 200 Å². The lowest BCUT2D eigenvalue weighted by atomic mass is 9.97. The number of carbonyl (C=O) groups is 3. The highest BCUT2D eigenvalue weighted by atomic mass is 16.5. The van der Waals surface area contributed by atoms with Crippen LogP contribution in [-0.2, 0) is 14.3 Å². The van der Waals surface area contributed by atoms with Gasteiger partial charge in [-0.25, -0.2) is 4.79 Å². The maximum absolute atomic E-state index is 13.3. The molecule has 0 bridgehead atoms. The van der Waals surface area contributed by atoms with E-state index in [0.29, 0.717) is 19.4 Å². The first-order chi connectivity index (χ1) is 16.3. The molecule has 2 N–H and O–H groups in total. The Bertz CT molecular complexity index is 1040. The van der Waals surface area contributed by atoms with Gasteiger partial charge in [0.1, 0.15) is 12.6 Å². The second-order valence-electron chi connectivity index (χ2n) is 9.34. The molecule has 3 unspecified atom stereocenters. The van der Waals surface area contributed by atoms with Gasteiger partial charge in [-0.15, -0.1) is 0 Å². The second-order valence-corrected chi connectivity index (χ2v) is 9.34. The summed E-state index contributed by atoms with van der Waals surface area (Å²) in [6.07, 6.45) is 0.465. The standard InChI is InChI=1S/C27H32N2O5/c1-4-16(2)24(25(30)29-14-13-18(17(29)3)26(31)32)28-27(33)34-15-23-21-11-7-5-9-19(21)20-10-6-8-12-22(20)23/h5-12,16-18,23-24H,4,13-15H2,1-3H3,(H,28,33)(H,31,32)/t16?,17?,18?,24-/m0/s1. The van der Waals surface area contributed by atoms with E-state index >= 15 is 0 Å². The highest BCUT2D eigenvalue weighted by molar-refractivity contribution is 5.87. The predicted molar refractivity (Wildman–Crippen MR) is 128 cm³/mol. The summed E-state index contributed by atoms with van der Waals surface area (Å²) in [5.41, 5.74) is 4.54. The van der Waals surface area contributed by atoms with Crippen LogP contribution in [0.15, 0.2) is 48.5 Å². The molecule has 1 aliphatic carbocycles. The number of likely N-dealkylation sites (tertiary alicyclic amines) is 1. The van der Waals surface area contributed by atoms with E-state index in [1.165, 1.54) is 0 Å². The van der Waals surface area contributed by atoms with Crippen molar-refractivity contribution in [2.24, 2.45) is 11.8 Å². The average Bonchev–Trinajstić information content (AvgIpc) is 3.38. The Kier molecular flexibility index (Phi) is 6.91. The van der Waals surface area contributed by atoms with Crippen LogP contribution in [0.3, 0.4) is 0 Å². The molecule has 2 aliphatic rings. The van der Waals surface area contributed by atoms with Crippen LogP contribution < -0.4 is 5.32 Å². The van der Waals surface area contributed by atoms with Gasteiger partial charge in [0, 0.05) is 18.5 Å². The molecule has 4 rings (SSSR count). The molecule has 2 aromatic carbocycles. The number of carbonyl (C=O) groups excluding carboxylic acids is 2. The van der Waals surface area contributed by atoms with Crippen molar-refractivity contribution in [1.82, 2.24) is 10.2 Å². The molecule has 1 saturated heterocycles. The first-order valence-electron chi connectivity index (χ1n) is 12.0. The van der Waals surface area contributed by atoms with Gasteiger partial charge in [-0.05, 0) is 41.5 Å². The van der Waals surface area contributed by atoms with E-state index in [0.717, 1.165) is 22.3 Å².